The molecule has 0 radical (unpaired) electrons. The van der Waals surface area contributed by atoms with E-state index >= 15 is 0 Å². The van der Waals surface area contributed by atoms with Gasteiger partial charge in [0.1, 0.15) is 11.5 Å². The number of aromatic nitrogens is 1. The number of pyridine rings is 1. The molecule has 1 heterocycles. The summed E-state index contributed by atoms with van der Waals surface area (Å²) in [5, 5.41) is 3.75. The summed E-state index contributed by atoms with van der Waals surface area (Å²) in [5.41, 5.74) is 2.12. The number of H-pyrrole nitrogens is 1. The molecule has 140 valence electrons. The molecule has 27 heavy (non-hydrogen) atoms. The van der Waals surface area contributed by atoms with Gasteiger partial charge in [0, 0.05) is 17.1 Å². The molecule has 0 unspecified atom stereocenters. The van der Waals surface area contributed by atoms with Crippen molar-refractivity contribution < 1.29 is 14.3 Å². The highest BCUT2D eigenvalue weighted by Crippen LogP contribution is 2.25. The van der Waals surface area contributed by atoms with Crippen molar-refractivity contribution in [2.24, 2.45) is 0 Å². The third kappa shape index (κ3) is 4.47. The lowest BCUT2D eigenvalue weighted by Crippen LogP contribution is -2.20. The zero-order valence-electron chi connectivity index (χ0n) is 15.5. The maximum atomic E-state index is 12.2. The Morgan fingerprint density at radius 3 is 2.44 bits per heavy atom. The zero-order valence-corrected chi connectivity index (χ0v) is 15.5. The largest absolute Gasteiger partial charge is 0.497 e. The summed E-state index contributed by atoms with van der Waals surface area (Å²) in [6.45, 7) is 3.97. The number of carbonyl (C=O) groups excluding carboxylic acids is 1. The van der Waals surface area contributed by atoms with E-state index in [9.17, 15) is 9.59 Å². The number of fused-ring (bicyclic) bond motifs is 1. The molecular formula is C21H22N2O4. The zero-order chi connectivity index (χ0) is 19.4. The first-order chi connectivity index (χ1) is 13.0. The van der Waals surface area contributed by atoms with Gasteiger partial charge in [-0.3, -0.25) is 9.59 Å². The Hall–Kier alpha value is -3.28. The van der Waals surface area contributed by atoms with Gasteiger partial charge in [-0.2, -0.15) is 0 Å². The summed E-state index contributed by atoms with van der Waals surface area (Å²) < 4.78 is 10.6. The van der Waals surface area contributed by atoms with Crippen molar-refractivity contribution in [1.82, 2.24) is 4.98 Å². The van der Waals surface area contributed by atoms with E-state index in [0.717, 1.165) is 16.7 Å². The van der Waals surface area contributed by atoms with Crippen LogP contribution in [0.25, 0.3) is 10.9 Å². The highest BCUT2D eigenvalue weighted by Gasteiger charge is 2.09. The number of ether oxygens (including phenoxy) is 2. The normalized spacial score (nSPS) is 10.8. The number of methoxy groups -OCH3 is 1. The molecule has 6 heteroatoms. The van der Waals surface area contributed by atoms with Crippen LogP contribution in [0.15, 0.2) is 53.3 Å². The molecule has 0 atom stereocenters. The van der Waals surface area contributed by atoms with Gasteiger partial charge in [0.25, 0.3) is 5.91 Å². The monoisotopic (exact) mass is 366 g/mol. The lowest BCUT2D eigenvalue weighted by molar-refractivity contribution is -0.118. The van der Waals surface area contributed by atoms with Gasteiger partial charge >= 0.3 is 0 Å². The second-order valence-corrected chi connectivity index (χ2v) is 6.52. The highest BCUT2D eigenvalue weighted by atomic mass is 16.5. The lowest BCUT2D eigenvalue weighted by atomic mass is 9.99. The molecule has 0 saturated carbocycles. The summed E-state index contributed by atoms with van der Waals surface area (Å²) >= 11 is 0. The van der Waals surface area contributed by atoms with Crippen LogP contribution in [0.5, 0.6) is 11.5 Å². The van der Waals surface area contributed by atoms with Gasteiger partial charge in [0.2, 0.25) is 5.56 Å². The first-order valence-corrected chi connectivity index (χ1v) is 8.70. The summed E-state index contributed by atoms with van der Waals surface area (Å²) in [4.78, 5) is 26.8. The topological polar surface area (TPSA) is 80.4 Å². The van der Waals surface area contributed by atoms with Gasteiger partial charge in [-0.25, -0.2) is 0 Å². The summed E-state index contributed by atoms with van der Waals surface area (Å²) in [6.07, 6.45) is 0. The molecule has 0 aliphatic heterocycles. The minimum Gasteiger partial charge on any atom is -0.497 e. The maximum absolute atomic E-state index is 12.2. The number of hydrogen-bond acceptors (Lipinski definition) is 4. The molecule has 1 amide bonds. The van der Waals surface area contributed by atoms with Crippen LogP contribution in [0.4, 0.5) is 5.69 Å². The van der Waals surface area contributed by atoms with E-state index in [4.69, 9.17) is 9.47 Å². The van der Waals surface area contributed by atoms with Crippen LogP contribution in [0.2, 0.25) is 0 Å². The summed E-state index contributed by atoms with van der Waals surface area (Å²) in [5.74, 6) is 1.24. The van der Waals surface area contributed by atoms with Crippen molar-refractivity contribution in [3.05, 3.63) is 64.4 Å². The Labute approximate surface area is 157 Å². The molecule has 0 saturated heterocycles. The van der Waals surface area contributed by atoms with Crippen molar-refractivity contribution in [1.29, 1.82) is 0 Å². The Bertz CT molecular complexity index is 1010. The van der Waals surface area contributed by atoms with Crippen LogP contribution in [0.1, 0.15) is 25.3 Å². The van der Waals surface area contributed by atoms with Gasteiger partial charge in [-0.15, -0.1) is 0 Å². The SMILES string of the molecule is COc1ccc(OCC(=O)Nc2ccc3c(C(C)C)cc(=O)[nH]c3c2)cc1. The molecule has 6 nitrogen and oxygen atoms in total. The third-order valence-corrected chi connectivity index (χ3v) is 4.21. The fourth-order valence-corrected chi connectivity index (χ4v) is 2.86. The Morgan fingerprint density at radius 1 is 1.07 bits per heavy atom. The maximum Gasteiger partial charge on any atom is 0.262 e. The molecular weight excluding hydrogens is 344 g/mol. The lowest BCUT2D eigenvalue weighted by Gasteiger charge is -2.12. The third-order valence-electron chi connectivity index (χ3n) is 4.21. The fourth-order valence-electron chi connectivity index (χ4n) is 2.86. The first-order valence-electron chi connectivity index (χ1n) is 8.70. The summed E-state index contributed by atoms with van der Waals surface area (Å²) in [6, 6.07) is 14.1. The predicted molar refractivity (Wildman–Crippen MR) is 106 cm³/mol. The fraction of sp³-hybridized carbons (Fsp3) is 0.238. The number of benzene rings is 2. The number of amides is 1. The van der Waals surface area contributed by atoms with Crippen LogP contribution in [-0.2, 0) is 4.79 Å². The minimum absolute atomic E-state index is 0.118. The quantitative estimate of drug-likeness (QED) is 0.697. The molecule has 0 fully saturated rings. The summed E-state index contributed by atoms with van der Waals surface area (Å²) in [7, 11) is 1.59. The van der Waals surface area contributed by atoms with Crippen LogP contribution >= 0.6 is 0 Å². The molecule has 2 N–H and O–H groups in total. The Morgan fingerprint density at radius 2 is 1.78 bits per heavy atom. The number of aromatic amines is 1. The van der Waals surface area contributed by atoms with Gasteiger partial charge in [-0.05, 0) is 47.9 Å². The number of hydrogen-bond donors (Lipinski definition) is 2. The van der Waals surface area contributed by atoms with Crippen LogP contribution in [0.3, 0.4) is 0 Å². The number of rotatable bonds is 6. The van der Waals surface area contributed by atoms with Crippen molar-refractivity contribution >= 4 is 22.5 Å². The molecule has 0 spiro atoms. The smallest absolute Gasteiger partial charge is 0.262 e. The molecule has 0 bridgehead atoms. The average Bonchev–Trinajstić information content (AvgIpc) is 2.65. The first kappa shape index (κ1) is 18.5. The number of nitrogens with one attached hydrogen (secondary N) is 2. The Kier molecular flexibility index (Phi) is 5.45. The standard InChI is InChI=1S/C21H22N2O4/c1-13(2)18-11-20(24)23-19-10-14(4-9-17(18)19)22-21(25)12-27-16-7-5-15(26-3)6-8-16/h4-11,13H,12H2,1-3H3,(H,22,25)(H,23,24). The second-order valence-electron chi connectivity index (χ2n) is 6.52. The van der Waals surface area contributed by atoms with Gasteiger partial charge in [0.15, 0.2) is 6.61 Å². The van der Waals surface area contributed by atoms with Crippen molar-refractivity contribution in [2.75, 3.05) is 19.0 Å². The molecule has 0 aliphatic rings. The van der Waals surface area contributed by atoms with Crippen LogP contribution in [0, 0.1) is 0 Å². The number of anilines is 1. The highest BCUT2D eigenvalue weighted by molar-refractivity contribution is 5.95. The van der Waals surface area contributed by atoms with Crippen molar-refractivity contribution in [3.63, 3.8) is 0 Å². The molecule has 0 aliphatic carbocycles. The van der Waals surface area contributed by atoms with E-state index in [1.807, 2.05) is 26.0 Å². The minimum atomic E-state index is -0.285. The Balaban J connectivity index is 1.70. The predicted octanol–water partition coefficient (Wildman–Crippen LogP) is 3.68. The van der Waals surface area contributed by atoms with Gasteiger partial charge in [-0.1, -0.05) is 19.9 Å². The van der Waals surface area contributed by atoms with E-state index in [1.54, 1.807) is 43.5 Å². The average molecular weight is 366 g/mol. The van der Waals surface area contributed by atoms with Gasteiger partial charge in [0.05, 0.1) is 12.6 Å². The van der Waals surface area contributed by atoms with E-state index in [0.29, 0.717) is 17.0 Å². The molecule has 1 aromatic heterocycles. The van der Waals surface area contributed by atoms with Crippen molar-refractivity contribution in [3.8, 4) is 11.5 Å². The second kappa shape index (κ2) is 7.95. The van der Waals surface area contributed by atoms with E-state index in [1.165, 1.54) is 0 Å². The van der Waals surface area contributed by atoms with Crippen LogP contribution in [-0.4, -0.2) is 24.6 Å². The van der Waals surface area contributed by atoms with E-state index < -0.39 is 0 Å². The van der Waals surface area contributed by atoms with Crippen LogP contribution < -0.4 is 20.3 Å². The van der Waals surface area contributed by atoms with Crippen molar-refractivity contribution in [2.45, 2.75) is 19.8 Å². The van der Waals surface area contributed by atoms with E-state index in [2.05, 4.69) is 10.3 Å². The molecule has 3 rings (SSSR count). The number of carbonyl (C=O) groups is 1. The molecule has 2 aromatic carbocycles. The van der Waals surface area contributed by atoms with Gasteiger partial charge < -0.3 is 19.8 Å². The van der Waals surface area contributed by atoms with E-state index in [-0.39, 0.29) is 24.0 Å². The molecule has 3 aromatic rings.